The summed E-state index contributed by atoms with van der Waals surface area (Å²) in [5.74, 6) is 1.06. The van der Waals surface area contributed by atoms with Crippen LogP contribution in [-0.4, -0.2) is 30.5 Å². The minimum absolute atomic E-state index is 0.123. The molecular weight excluding hydrogens is 439 g/mol. The van der Waals surface area contributed by atoms with Gasteiger partial charge in [-0.05, 0) is 67.1 Å². The van der Waals surface area contributed by atoms with E-state index in [0.29, 0.717) is 36.4 Å². The van der Waals surface area contributed by atoms with Crippen molar-refractivity contribution in [3.8, 4) is 5.75 Å². The minimum Gasteiger partial charge on any atom is -0.493 e. The van der Waals surface area contributed by atoms with E-state index in [1.165, 1.54) is 12.1 Å². The highest BCUT2D eigenvalue weighted by atomic mass is 35.5. The molecule has 1 heterocycles. The Balaban J connectivity index is 1.41. The molecule has 1 saturated carbocycles. The van der Waals surface area contributed by atoms with E-state index in [9.17, 15) is 18.0 Å². The number of alkyl halides is 3. The van der Waals surface area contributed by atoms with Crippen molar-refractivity contribution in [2.24, 2.45) is 11.8 Å². The van der Waals surface area contributed by atoms with Gasteiger partial charge >= 0.3 is 6.18 Å². The van der Waals surface area contributed by atoms with Crippen molar-refractivity contribution in [1.82, 2.24) is 4.90 Å². The van der Waals surface area contributed by atoms with Gasteiger partial charge in [-0.25, -0.2) is 0 Å². The highest BCUT2D eigenvalue weighted by molar-refractivity contribution is 6.30. The van der Waals surface area contributed by atoms with Crippen LogP contribution in [0.5, 0.6) is 5.75 Å². The lowest BCUT2D eigenvalue weighted by Gasteiger charge is -2.47. The molecular formula is C25H27ClF3NO2. The fourth-order valence-corrected chi connectivity index (χ4v) is 4.85. The zero-order valence-corrected chi connectivity index (χ0v) is 18.8. The average Bonchev–Trinajstić information content (AvgIpc) is 2.73. The van der Waals surface area contributed by atoms with E-state index >= 15 is 0 Å². The van der Waals surface area contributed by atoms with E-state index in [4.69, 9.17) is 16.3 Å². The number of rotatable bonds is 5. The van der Waals surface area contributed by atoms with Crippen LogP contribution in [0.3, 0.4) is 0 Å². The van der Waals surface area contributed by atoms with E-state index in [0.717, 1.165) is 43.4 Å². The molecule has 172 valence electrons. The molecule has 0 bridgehead atoms. The molecule has 1 aliphatic heterocycles. The van der Waals surface area contributed by atoms with Crippen LogP contribution in [-0.2, 0) is 16.4 Å². The lowest BCUT2D eigenvalue weighted by molar-refractivity contribution is -0.144. The first-order valence-corrected chi connectivity index (χ1v) is 11.4. The zero-order chi connectivity index (χ0) is 22.9. The molecule has 1 amide bonds. The van der Waals surface area contributed by atoms with Crippen molar-refractivity contribution in [3.63, 3.8) is 0 Å². The van der Waals surface area contributed by atoms with Gasteiger partial charge in [-0.3, -0.25) is 4.79 Å². The molecule has 2 fully saturated rings. The first kappa shape index (κ1) is 23.0. The standard InChI is InChI=1S/C25H27ClF3NO2/c1-17-11-14-30(23(31)24(12-2-13-24)19-3-7-21(26)8-4-19)15-18(17)16-32-22-9-5-20(6-10-22)25(27,28)29/h3-10,17-18H,2,11-16H2,1H3/t17-,18-/m0/s1. The molecule has 0 aromatic heterocycles. The number of likely N-dealkylation sites (tertiary alicyclic amines) is 1. The van der Waals surface area contributed by atoms with Crippen LogP contribution >= 0.6 is 11.6 Å². The third kappa shape index (κ3) is 4.61. The third-order valence-corrected chi connectivity index (χ3v) is 7.31. The van der Waals surface area contributed by atoms with Crippen molar-refractivity contribution < 1.29 is 22.7 Å². The maximum absolute atomic E-state index is 13.6. The number of benzene rings is 2. The van der Waals surface area contributed by atoms with Crippen LogP contribution in [0.4, 0.5) is 13.2 Å². The van der Waals surface area contributed by atoms with Crippen molar-refractivity contribution >= 4 is 17.5 Å². The van der Waals surface area contributed by atoms with Gasteiger partial charge in [-0.2, -0.15) is 13.2 Å². The normalized spacial score (nSPS) is 22.8. The average molecular weight is 466 g/mol. The highest BCUT2D eigenvalue weighted by Gasteiger charge is 2.48. The maximum atomic E-state index is 13.6. The molecule has 2 aliphatic rings. The topological polar surface area (TPSA) is 29.5 Å². The van der Waals surface area contributed by atoms with Crippen LogP contribution in [0.2, 0.25) is 5.02 Å². The molecule has 2 atom stereocenters. The smallest absolute Gasteiger partial charge is 0.416 e. The lowest BCUT2D eigenvalue weighted by atomic mass is 9.63. The number of amides is 1. The van der Waals surface area contributed by atoms with E-state index in [1.807, 2.05) is 29.2 Å². The fraction of sp³-hybridized carbons (Fsp3) is 0.480. The highest BCUT2D eigenvalue weighted by Crippen LogP contribution is 2.46. The van der Waals surface area contributed by atoms with E-state index < -0.39 is 17.2 Å². The Labute approximate surface area is 191 Å². The van der Waals surface area contributed by atoms with E-state index in [2.05, 4.69) is 6.92 Å². The number of hydrogen-bond donors (Lipinski definition) is 0. The van der Waals surface area contributed by atoms with E-state index in [-0.39, 0.29) is 11.8 Å². The minimum atomic E-state index is -4.36. The maximum Gasteiger partial charge on any atom is 0.416 e. The van der Waals surface area contributed by atoms with Gasteiger partial charge in [0.1, 0.15) is 5.75 Å². The Morgan fingerprint density at radius 3 is 2.34 bits per heavy atom. The molecule has 3 nitrogen and oxygen atoms in total. The molecule has 0 radical (unpaired) electrons. The second-order valence-corrected chi connectivity index (χ2v) is 9.49. The molecule has 32 heavy (non-hydrogen) atoms. The summed E-state index contributed by atoms with van der Waals surface area (Å²) in [5.41, 5.74) is -0.140. The van der Waals surface area contributed by atoms with E-state index in [1.54, 1.807) is 0 Å². The van der Waals surface area contributed by atoms with Gasteiger partial charge in [0.2, 0.25) is 5.91 Å². The number of carbonyl (C=O) groups is 1. The van der Waals surface area contributed by atoms with Gasteiger partial charge in [-0.1, -0.05) is 37.1 Å². The Morgan fingerprint density at radius 1 is 1.12 bits per heavy atom. The molecule has 2 aromatic carbocycles. The summed E-state index contributed by atoms with van der Waals surface area (Å²) < 4.78 is 44.1. The first-order chi connectivity index (χ1) is 15.2. The Morgan fingerprint density at radius 2 is 1.78 bits per heavy atom. The number of halogens is 4. The largest absolute Gasteiger partial charge is 0.493 e. The predicted octanol–water partition coefficient (Wildman–Crippen LogP) is 6.34. The van der Waals surface area contributed by atoms with Crippen LogP contribution in [0.1, 0.15) is 43.7 Å². The summed E-state index contributed by atoms with van der Waals surface area (Å²) in [4.78, 5) is 15.5. The zero-order valence-electron chi connectivity index (χ0n) is 18.0. The summed E-state index contributed by atoms with van der Waals surface area (Å²) >= 11 is 6.04. The van der Waals surface area contributed by atoms with Gasteiger partial charge in [-0.15, -0.1) is 0 Å². The molecule has 0 spiro atoms. The monoisotopic (exact) mass is 465 g/mol. The third-order valence-electron chi connectivity index (χ3n) is 7.06. The van der Waals surface area contributed by atoms with Gasteiger partial charge in [0.05, 0.1) is 17.6 Å². The molecule has 7 heteroatoms. The summed E-state index contributed by atoms with van der Waals surface area (Å²) in [5, 5.41) is 0.656. The van der Waals surface area contributed by atoms with Crippen LogP contribution < -0.4 is 4.74 Å². The van der Waals surface area contributed by atoms with Crippen LogP contribution in [0, 0.1) is 11.8 Å². The number of nitrogens with zero attached hydrogens (tertiary/aromatic N) is 1. The lowest BCUT2D eigenvalue weighted by Crippen LogP contribution is -2.55. The summed E-state index contributed by atoms with van der Waals surface area (Å²) in [6.07, 6.45) is -0.778. The van der Waals surface area contributed by atoms with Gasteiger partial charge < -0.3 is 9.64 Å². The molecule has 0 N–H and O–H groups in total. The Kier molecular flexibility index (Phi) is 6.44. The Hall–Kier alpha value is -2.21. The molecule has 2 aromatic rings. The predicted molar refractivity (Wildman–Crippen MR) is 118 cm³/mol. The van der Waals surface area contributed by atoms with Crippen molar-refractivity contribution in [3.05, 3.63) is 64.7 Å². The number of piperidine rings is 1. The quantitative estimate of drug-likeness (QED) is 0.515. The van der Waals surface area contributed by atoms with Crippen molar-refractivity contribution in [1.29, 1.82) is 0 Å². The fourth-order valence-electron chi connectivity index (χ4n) is 4.72. The summed E-state index contributed by atoms with van der Waals surface area (Å²) in [6.45, 7) is 3.81. The number of ether oxygens (including phenoxy) is 1. The van der Waals surface area contributed by atoms with Crippen molar-refractivity contribution in [2.45, 2.75) is 44.2 Å². The van der Waals surface area contributed by atoms with Crippen LogP contribution in [0.25, 0.3) is 0 Å². The van der Waals surface area contributed by atoms with Crippen molar-refractivity contribution in [2.75, 3.05) is 19.7 Å². The molecule has 1 aliphatic carbocycles. The Bertz CT molecular complexity index is 939. The molecule has 0 unspecified atom stereocenters. The molecule has 1 saturated heterocycles. The summed E-state index contributed by atoms with van der Waals surface area (Å²) in [7, 11) is 0. The SMILES string of the molecule is C[C@H]1CCN(C(=O)C2(c3ccc(Cl)cc3)CCC2)C[C@H]1COc1ccc(C(F)(F)F)cc1. The second-order valence-electron chi connectivity index (χ2n) is 9.05. The summed E-state index contributed by atoms with van der Waals surface area (Å²) in [6, 6.07) is 12.3. The second kappa shape index (κ2) is 8.97. The van der Waals surface area contributed by atoms with Gasteiger partial charge in [0, 0.05) is 24.0 Å². The number of carbonyl (C=O) groups excluding carboxylic acids is 1. The van der Waals surface area contributed by atoms with Crippen LogP contribution in [0.15, 0.2) is 48.5 Å². The van der Waals surface area contributed by atoms with Gasteiger partial charge in [0.25, 0.3) is 0 Å². The first-order valence-electron chi connectivity index (χ1n) is 11.0. The number of hydrogen-bond acceptors (Lipinski definition) is 2. The van der Waals surface area contributed by atoms with Gasteiger partial charge in [0.15, 0.2) is 0 Å². The molecule has 4 rings (SSSR count).